The van der Waals surface area contributed by atoms with Gasteiger partial charge in [0.05, 0.1) is 18.2 Å². The van der Waals surface area contributed by atoms with E-state index in [-0.39, 0.29) is 11.6 Å². The Morgan fingerprint density at radius 2 is 1.95 bits per heavy atom. The Hall–Kier alpha value is -0.120. The molecule has 1 aliphatic rings. The number of quaternary nitrogens is 1. The lowest BCUT2D eigenvalue weighted by atomic mass is 9.71. The number of aliphatic hydroxyl groups is 1. The van der Waals surface area contributed by atoms with Crippen molar-refractivity contribution in [2.75, 3.05) is 13.2 Å². The van der Waals surface area contributed by atoms with Crippen molar-refractivity contribution in [1.29, 1.82) is 0 Å². The van der Waals surface area contributed by atoms with Crippen LogP contribution in [0.15, 0.2) is 0 Å². The van der Waals surface area contributed by atoms with E-state index in [1.54, 1.807) is 0 Å². The second kappa shape index (κ2) is 6.55. The molecule has 1 fully saturated rings. The maximum absolute atomic E-state index is 9.98. The Labute approximate surface area is 119 Å². The van der Waals surface area contributed by atoms with Crippen LogP contribution in [-0.2, 0) is 4.74 Å². The van der Waals surface area contributed by atoms with Gasteiger partial charge in [0.25, 0.3) is 0 Å². The van der Waals surface area contributed by atoms with Gasteiger partial charge in [0.1, 0.15) is 12.6 Å². The van der Waals surface area contributed by atoms with Gasteiger partial charge in [0.2, 0.25) is 0 Å². The Morgan fingerprint density at radius 3 is 2.47 bits per heavy atom. The third kappa shape index (κ3) is 7.28. The topological polar surface area (TPSA) is 46.1 Å². The van der Waals surface area contributed by atoms with E-state index in [2.05, 4.69) is 46.9 Å². The van der Waals surface area contributed by atoms with Crippen LogP contribution in [0.5, 0.6) is 0 Å². The molecule has 0 saturated heterocycles. The first-order chi connectivity index (χ1) is 8.57. The molecule has 114 valence electrons. The number of nitrogens with two attached hydrogens (primary N) is 1. The summed E-state index contributed by atoms with van der Waals surface area (Å²) in [6.07, 6.45) is 3.50. The molecule has 19 heavy (non-hydrogen) atoms. The maximum Gasteiger partial charge on any atom is 0.126 e. The van der Waals surface area contributed by atoms with Crippen molar-refractivity contribution in [3.8, 4) is 0 Å². The highest BCUT2D eigenvalue weighted by atomic mass is 16.5. The van der Waals surface area contributed by atoms with Crippen molar-refractivity contribution >= 4 is 0 Å². The molecule has 0 radical (unpaired) electrons. The van der Waals surface area contributed by atoms with Gasteiger partial charge in [-0.15, -0.1) is 0 Å². The highest BCUT2D eigenvalue weighted by molar-refractivity contribution is 4.83. The largest absolute Gasteiger partial charge is 0.385 e. The molecular weight excluding hydrogens is 238 g/mol. The average Bonchev–Trinajstić information content (AvgIpc) is 2.19. The lowest BCUT2D eigenvalue weighted by Crippen LogP contribution is -2.96. The second-order valence-corrected chi connectivity index (χ2v) is 8.33. The van der Waals surface area contributed by atoms with Gasteiger partial charge in [-0.1, -0.05) is 20.8 Å². The minimum atomic E-state index is -0.362. The van der Waals surface area contributed by atoms with Crippen LogP contribution < -0.4 is 5.32 Å². The molecule has 1 aliphatic carbocycles. The third-order valence-corrected chi connectivity index (χ3v) is 3.87. The van der Waals surface area contributed by atoms with E-state index < -0.39 is 0 Å². The molecule has 0 aromatic heterocycles. The fourth-order valence-corrected chi connectivity index (χ4v) is 3.19. The average molecular weight is 272 g/mol. The van der Waals surface area contributed by atoms with Crippen LogP contribution in [0.25, 0.3) is 0 Å². The summed E-state index contributed by atoms with van der Waals surface area (Å²) in [6, 6.07) is 0. The summed E-state index contributed by atoms with van der Waals surface area (Å²) in [7, 11) is 0. The Balaban J connectivity index is 2.28. The summed E-state index contributed by atoms with van der Waals surface area (Å²) in [5, 5.41) is 12.2. The molecule has 3 nitrogen and oxygen atoms in total. The predicted octanol–water partition coefficient (Wildman–Crippen LogP) is 1.94. The first-order valence-electron chi connectivity index (χ1n) is 7.71. The van der Waals surface area contributed by atoms with Crippen molar-refractivity contribution in [1.82, 2.24) is 0 Å². The van der Waals surface area contributed by atoms with Crippen molar-refractivity contribution in [2.45, 2.75) is 78.6 Å². The summed E-state index contributed by atoms with van der Waals surface area (Å²) >= 11 is 0. The van der Waals surface area contributed by atoms with Gasteiger partial charge in [-0.3, -0.25) is 0 Å². The van der Waals surface area contributed by atoms with Gasteiger partial charge in [0.15, 0.2) is 0 Å². The van der Waals surface area contributed by atoms with Crippen LogP contribution >= 0.6 is 0 Å². The summed E-state index contributed by atoms with van der Waals surface area (Å²) in [4.78, 5) is 0. The molecule has 3 heteroatoms. The standard InChI is InChI=1S/C16H33NO2/c1-12-7-14(9-16(5,6)8-12)19-11-13(18)10-17-15(2,3)4/h12-14,17-18H,7-11H2,1-6H3/p+1/t12-,13+,14+/m0/s1. The van der Waals surface area contributed by atoms with Crippen LogP contribution in [0.4, 0.5) is 0 Å². The van der Waals surface area contributed by atoms with E-state index >= 15 is 0 Å². The van der Waals surface area contributed by atoms with Gasteiger partial charge >= 0.3 is 0 Å². The molecule has 0 aromatic carbocycles. The van der Waals surface area contributed by atoms with Crippen molar-refractivity contribution in [2.24, 2.45) is 11.3 Å². The third-order valence-electron chi connectivity index (χ3n) is 3.87. The number of aliphatic hydroxyl groups excluding tert-OH is 1. The molecule has 0 unspecified atom stereocenters. The minimum Gasteiger partial charge on any atom is -0.385 e. The zero-order valence-electron chi connectivity index (χ0n) is 13.7. The van der Waals surface area contributed by atoms with Crippen LogP contribution in [0.2, 0.25) is 0 Å². The van der Waals surface area contributed by atoms with Crippen molar-refractivity contribution < 1.29 is 15.2 Å². The van der Waals surface area contributed by atoms with Gasteiger partial charge in [-0.05, 0) is 51.4 Å². The van der Waals surface area contributed by atoms with Crippen LogP contribution in [0.3, 0.4) is 0 Å². The number of ether oxygens (including phenoxy) is 1. The second-order valence-electron chi connectivity index (χ2n) is 8.33. The smallest absolute Gasteiger partial charge is 0.126 e. The minimum absolute atomic E-state index is 0.169. The molecule has 1 saturated carbocycles. The van der Waals surface area contributed by atoms with Crippen molar-refractivity contribution in [3.05, 3.63) is 0 Å². The fourth-order valence-electron chi connectivity index (χ4n) is 3.19. The summed E-state index contributed by atoms with van der Waals surface area (Å²) in [5.41, 5.74) is 0.549. The molecule has 3 N–H and O–H groups in total. The zero-order chi connectivity index (χ0) is 14.7. The highest BCUT2D eigenvalue weighted by Crippen LogP contribution is 2.39. The molecule has 0 spiro atoms. The summed E-state index contributed by atoms with van der Waals surface area (Å²) in [5.74, 6) is 0.729. The van der Waals surface area contributed by atoms with Gasteiger partial charge in [-0.2, -0.15) is 0 Å². The van der Waals surface area contributed by atoms with Gasteiger partial charge in [0, 0.05) is 0 Å². The lowest BCUT2D eigenvalue weighted by molar-refractivity contribution is -0.722. The van der Waals surface area contributed by atoms with Crippen LogP contribution in [-0.4, -0.2) is 36.0 Å². The molecule has 0 aromatic rings. The zero-order valence-corrected chi connectivity index (χ0v) is 13.7. The van der Waals surface area contributed by atoms with E-state index in [0.717, 1.165) is 25.3 Å². The van der Waals surface area contributed by atoms with E-state index in [1.807, 2.05) is 0 Å². The fraction of sp³-hybridized carbons (Fsp3) is 1.00. The SMILES string of the molecule is C[C@H]1C[C@@H](OC[C@H](O)C[NH2+]C(C)(C)C)CC(C)(C)C1. The Morgan fingerprint density at radius 1 is 1.32 bits per heavy atom. The monoisotopic (exact) mass is 272 g/mol. The highest BCUT2D eigenvalue weighted by Gasteiger charge is 2.32. The predicted molar refractivity (Wildman–Crippen MR) is 79.1 cm³/mol. The Kier molecular flexibility index (Phi) is 5.84. The number of rotatable bonds is 5. The number of hydrogen-bond acceptors (Lipinski definition) is 2. The van der Waals surface area contributed by atoms with E-state index in [4.69, 9.17) is 4.74 Å². The van der Waals surface area contributed by atoms with Crippen molar-refractivity contribution in [3.63, 3.8) is 0 Å². The number of hydrogen-bond donors (Lipinski definition) is 2. The van der Waals surface area contributed by atoms with E-state index in [1.165, 1.54) is 6.42 Å². The molecule has 0 aliphatic heterocycles. The first kappa shape index (κ1) is 16.9. The molecule has 0 bridgehead atoms. The van der Waals surface area contributed by atoms with Gasteiger partial charge in [-0.25, -0.2) is 0 Å². The molecule has 1 rings (SSSR count). The molecular formula is C16H34NO2+. The summed E-state index contributed by atoms with van der Waals surface area (Å²) in [6.45, 7) is 14.6. The normalized spacial score (nSPS) is 29.2. The first-order valence-corrected chi connectivity index (χ1v) is 7.71. The quantitative estimate of drug-likeness (QED) is 0.803. The van der Waals surface area contributed by atoms with E-state index in [9.17, 15) is 5.11 Å². The Bertz CT molecular complexity index is 270. The van der Waals surface area contributed by atoms with Crippen LogP contribution in [0, 0.1) is 11.3 Å². The molecule has 0 heterocycles. The molecule has 3 atom stereocenters. The van der Waals surface area contributed by atoms with Crippen LogP contribution in [0.1, 0.15) is 60.8 Å². The lowest BCUT2D eigenvalue weighted by Gasteiger charge is -2.39. The maximum atomic E-state index is 9.98. The summed E-state index contributed by atoms with van der Waals surface area (Å²) < 4.78 is 5.95. The molecule has 0 amide bonds. The van der Waals surface area contributed by atoms with E-state index in [0.29, 0.717) is 18.1 Å². The van der Waals surface area contributed by atoms with Gasteiger partial charge < -0.3 is 15.2 Å².